The third kappa shape index (κ3) is 7.09. The molecule has 1 aliphatic heterocycles. The predicted molar refractivity (Wildman–Crippen MR) is 202 cm³/mol. The summed E-state index contributed by atoms with van der Waals surface area (Å²) in [6.45, 7) is 3.86. The van der Waals surface area contributed by atoms with Gasteiger partial charge in [0.05, 0.1) is 40.0 Å². The molecular formula is C37H45ClN10O4. The quantitative estimate of drug-likeness (QED) is 0.145. The number of aliphatic hydroxyl groups is 1. The van der Waals surface area contributed by atoms with Gasteiger partial charge in [0.25, 0.3) is 0 Å². The molecule has 2 aromatic carbocycles. The summed E-state index contributed by atoms with van der Waals surface area (Å²) >= 11 is 6.57. The number of piperidine rings is 1. The van der Waals surface area contributed by atoms with Crippen LogP contribution >= 0.6 is 11.6 Å². The average Bonchev–Trinajstić information content (AvgIpc) is 3.55. The second-order valence-electron chi connectivity index (χ2n) is 14.8. The molecule has 52 heavy (non-hydrogen) atoms. The van der Waals surface area contributed by atoms with Crippen molar-refractivity contribution in [3.63, 3.8) is 0 Å². The lowest BCUT2D eigenvalue weighted by Crippen LogP contribution is -2.39. The fourth-order valence-corrected chi connectivity index (χ4v) is 7.57. The molecule has 4 N–H and O–H groups in total. The summed E-state index contributed by atoms with van der Waals surface area (Å²) in [6.07, 6.45) is 6.65. The molecule has 1 aliphatic carbocycles. The van der Waals surface area contributed by atoms with Gasteiger partial charge in [-0.2, -0.15) is 10.1 Å². The number of imidazole rings is 1. The summed E-state index contributed by atoms with van der Waals surface area (Å²) < 4.78 is 5.10. The van der Waals surface area contributed by atoms with Crippen LogP contribution in [-0.2, 0) is 30.2 Å². The van der Waals surface area contributed by atoms with Crippen molar-refractivity contribution in [2.75, 3.05) is 22.6 Å². The van der Waals surface area contributed by atoms with Crippen molar-refractivity contribution in [2.45, 2.75) is 88.9 Å². The Morgan fingerprint density at radius 2 is 1.73 bits per heavy atom. The van der Waals surface area contributed by atoms with Crippen LogP contribution in [0.5, 0.6) is 0 Å². The van der Waals surface area contributed by atoms with Gasteiger partial charge in [-0.25, -0.2) is 9.78 Å². The molecule has 2 fully saturated rings. The van der Waals surface area contributed by atoms with Crippen molar-refractivity contribution in [3.05, 3.63) is 63.8 Å². The summed E-state index contributed by atoms with van der Waals surface area (Å²) in [5, 5.41) is 25.7. The number of halogens is 1. The van der Waals surface area contributed by atoms with Crippen molar-refractivity contribution in [3.8, 4) is 0 Å². The van der Waals surface area contributed by atoms with E-state index in [-0.39, 0.29) is 23.5 Å². The monoisotopic (exact) mass is 728 g/mol. The summed E-state index contributed by atoms with van der Waals surface area (Å²) in [4.78, 5) is 48.7. The summed E-state index contributed by atoms with van der Waals surface area (Å²) in [7, 11) is 5.64. The number of amides is 2. The number of hydrogen-bond acceptors (Lipinski definition) is 10. The standard InChI is InChI=1S/C37H45ClN10O4/c1-37(2,52)16-17-48-30-19-23(9-14-28(30)46(4)36(48)51)41-33-27(38)20-39-35(43-33)45(3)24-10-6-21(7-11-24)40-22-8-12-25-29(18-22)47(5)44-32(25)26-13-15-31(49)42-34(26)50/h8-9,12,14,18-21,24,26,40,52H,6-7,10-11,13,15-17H2,1-5H3,(H,39,41,43)(H,42,49,50)/t21-,24-,26?. The van der Waals surface area contributed by atoms with Crippen molar-refractivity contribution in [2.24, 2.45) is 14.1 Å². The Bertz CT molecular complexity index is 2230. The Balaban J connectivity index is 1.000. The second kappa shape index (κ2) is 13.9. The van der Waals surface area contributed by atoms with E-state index in [9.17, 15) is 19.5 Å². The Labute approximate surface area is 306 Å². The molecule has 5 aromatic rings. The van der Waals surface area contributed by atoms with Gasteiger partial charge in [-0.1, -0.05) is 11.6 Å². The largest absolute Gasteiger partial charge is 0.390 e. The lowest BCUT2D eigenvalue weighted by Gasteiger charge is -2.35. The maximum atomic E-state index is 13.0. The molecule has 2 aliphatic rings. The van der Waals surface area contributed by atoms with Gasteiger partial charge in [0.15, 0.2) is 5.82 Å². The molecule has 14 nitrogen and oxygen atoms in total. The van der Waals surface area contributed by atoms with E-state index in [4.69, 9.17) is 16.6 Å². The van der Waals surface area contributed by atoms with Crippen LogP contribution in [0.4, 0.5) is 23.1 Å². The molecule has 0 bridgehead atoms. The molecule has 7 rings (SSSR count). The summed E-state index contributed by atoms with van der Waals surface area (Å²) in [5.74, 6) is 0.0948. The lowest BCUT2D eigenvalue weighted by molar-refractivity contribution is -0.134. The first-order chi connectivity index (χ1) is 24.8. The van der Waals surface area contributed by atoms with Gasteiger partial charge in [-0.3, -0.25) is 28.7 Å². The summed E-state index contributed by atoms with van der Waals surface area (Å²) in [5.41, 5.74) is 3.89. The minimum atomic E-state index is -0.897. The van der Waals surface area contributed by atoms with Crippen molar-refractivity contribution >= 4 is 68.5 Å². The fourth-order valence-electron chi connectivity index (χ4n) is 7.44. The number of nitrogens with zero attached hydrogens (tertiary/aromatic N) is 7. The average molecular weight is 729 g/mol. The number of anilines is 4. The van der Waals surface area contributed by atoms with Gasteiger partial charge in [0.2, 0.25) is 17.8 Å². The zero-order valence-electron chi connectivity index (χ0n) is 30.1. The van der Waals surface area contributed by atoms with E-state index in [1.807, 2.05) is 44.4 Å². The lowest BCUT2D eigenvalue weighted by atomic mass is 9.90. The number of hydrogen-bond donors (Lipinski definition) is 4. The first kappa shape index (κ1) is 35.5. The van der Waals surface area contributed by atoms with Gasteiger partial charge < -0.3 is 20.6 Å². The van der Waals surface area contributed by atoms with Crippen LogP contribution < -0.4 is 26.5 Å². The van der Waals surface area contributed by atoms with Crippen LogP contribution in [0.3, 0.4) is 0 Å². The minimum absolute atomic E-state index is 0.139. The van der Waals surface area contributed by atoms with E-state index in [2.05, 4.69) is 37.0 Å². The number of carbonyl (C=O) groups is 2. The normalized spacial score (nSPS) is 19.6. The maximum absolute atomic E-state index is 13.0. The van der Waals surface area contributed by atoms with Gasteiger partial charge in [-0.05, 0) is 88.8 Å². The van der Waals surface area contributed by atoms with E-state index in [0.29, 0.717) is 54.3 Å². The van der Waals surface area contributed by atoms with Crippen LogP contribution in [0.15, 0.2) is 47.4 Å². The second-order valence-corrected chi connectivity index (χ2v) is 15.2. The molecule has 3 aromatic heterocycles. The molecule has 0 spiro atoms. The third-order valence-corrected chi connectivity index (χ3v) is 10.7. The van der Waals surface area contributed by atoms with Crippen LogP contribution in [0.1, 0.15) is 70.4 Å². The van der Waals surface area contributed by atoms with Gasteiger partial charge in [0, 0.05) is 63.0 Å². The summed E-state index contributed by atoms with van der Waals surface area (Å²) in [6, 6.07) is 12.4. The Kier molecular flexibility index (Phi) is 9.46. The minimum Gasteiger partial charge on any atom is -0.390 e. The Morgan fingerprint density at radius 1 is 1.00 bits per heavy atom. The Hall–Kier alpha value is -4.95. The zero-order valence-corrected chi connectivity index (χ0v) is 30.9. The first-order valence-corrected chi connectivity index (χ1v) is 18.1. The highest BCUT2D eigenvalue weighted by Crippen LogP contribution is 2.34. The van der Waals surface area contributed by atoms with Gasteiger partial charge in [0.1, 0.15) is 5.02 Å². The van der Waals surface area contributed by atoms with Crippen LogP contribution in [0.2, 0.25) is 5.02 Å². The van der Waals surface area contributed by atoms with Crippen molar-refractivity contribution in [1.82, 2.24) is 34.2 Å². The molecule has 15 heteroatoms. The first-order valence-electron chi connectivity index (χ1n) is 17.8. The predicted octanol–water partition coefficient (Wildman–Crippen LogP) is 4.95. The molecule has 2 amide bonds. The number of nitrogens with one attached hydrogen (secondary N) is 3. The van der Waals surface area contributed by atoms with Crippen molar-refractivity contribution in [1.29, 1.82) is 0 Å². The number of imide groups is 1. The Morgan fingerprint density at radius 3 is 2.46 bits per heavy atom. The number of rotatable bonds is 10. The third-order valence-electron chi connectivity index (χ3n) is 10.5. The molecule has 1 atom stereocenters. The van der Waals surface area contributed by atoms with Crippen molar-refractivity contribution < 1.29 is 14.7 Å². The topological polar surface area (TPSA) is 164 Å². The molecule has 1 saturated carbocycles. The fraction of sp³-hybridized carbons (Fsp3) is 0.459. The van der Waals surface area contributed by atoms with Gasteiger partial charge in [-0.15, -0.1) is 0 Å². The van der Waals surface area contributed by atoms with Crippen LogP contribution in [-0.4, -0.2) is 70.5 Å². The molecule has 1 unspecified atom stereocenters. The SMILES string of the molecule is Cn1nc(C2CCC(=O)NC2=O)c2ccc(N[C@H]3CC[C@H](N(C)c4ncc(Cl)c(Nc5ccc6c(c5)n(CCC(C)(C)O)c(=O)n6C)n4)CC3)cc21. The molecule has 0 radical (unpaired) electrons. The number of benzene rings is 2. The van der Waals surface area contributed by atoms with Gasteiger partial charge >= 0.3 is 5.69 Å². The highest BCUT2D eigenvalue weighted by molar-refractivity contribution is 6.33. The van der Waals surface area contributed by atoms with Crippen LogP contribution in [0.25, 0.3) is 21.9 Å². The van der Waals surface area contributed by atoms with E-state index in [1.54, 1.807) is 40.9 Å². The van der Waals surface area contributed by atoms with E-state index < -0.39 is 11.5 Å². The number of fused-ring (bicyclic) bond motifs is 2. The molecule has 1 saturated heterocycles. The molecular weight excluding hydrogens is 684 g/mol. The zero-order chi connectivity index (χ0) is 36.9. The van der Waals surface area contributed by atoms with Crippen LogP contribution in [0, 0.1) is 0 Å². The number of carbonyl (C=O) groups excluding carboxylic acids is 2. The van der Waals surface area contributed by atoms with E-state index in [0.717, 1.165) is 59.0 Å². The molecule has 274 valence electrons. The van der Waals surface area contributed by atoms with E-state index in [1.165, 1.54) is 0 Å². The van der Waals surface area contributed by atoms with E-state index >= 15 is 0 Å². The maximum Gasteiger partial charge on any atom is 0.328 e. The number of aromatic nitrogens is 6. The highest BCUT2D eigenvalue weighted by atomic mass is 35.5. The molecule has 4 heterocycles. The number of aryl methyl sites for hydroxylation is 3. The smallest absolute Gasteiger partial charge is 0.328 e. The highest BCUT2D eigenvalue weighted by Gasteiger charge is 2.32.